The van der Waals surface area contributed by atoms with Gasteiger partial charge in [0.25, 0.3) is 5.91 Å². The summed E-state index contributed by atoms with van der Waals surface area (Å²) in [6.45, 7) is 8.30. The van der Waals surface area contributed by atoms with Crippen LogP contribution in [0.25, 0.3) is 10.9 Å². The number of benzene rings is 2. The fourth-order valence-corrected chi connectivity index (χ4v) is 3.02. The van der Waals surface area contributed by atoms with Crippen molar-refractivity contribution >= 4 is 28.5 Å². The van der Waals surface area contributed by atoms with Crippen LogP contribution in [0.4, 0.5) is 10.5 Å². The van der Waals surface area contributed by atoms with Crippen LogP contribution in [-0.2, 0) is 6.54 Å². The SMILES string of the molecule is Cc1[nH]c2ccc(C(=O)NCc3ccc(NC(=O)NC(C)C)cc3)cc2c1C. The number of anilines is 1. The molecule has 3 aromatic rings. The molecule has 0 bridgehead atoms. The molecule has 28 heavy (non-hydrogen) atoms. The molecule has 1 aromatic heterocycles. The van der Waals surface area contributed by atoms with Crippen LogP contribution < -0.4 is 16.0 Å². The van der Waals surface area contributed by atoms with Crippen LogP contribution in [0.2, 0.25) is 0 Å². The van der Waals surface area contributed by atoms with Crippen LogP contribution >= 0.6 is 0 Å². The molecular weight excluding hydrogens is 352 g/mol. The lowest BCUT2D eigenvalue weighted by Gasteiger charge is -2.11. The van der Waals surface area contributed by atoms with Crippen molar-refractivity contribution in [3.63, 3.8) is 0 Å². The maximum absolute atomic E-state index is 12.5. The van der Waals surface area contributed by atoms with Crippen molar-refractivity contribution in [2.45, 2.75) is 40.3 Å². The summed E-state index contributed by atoms with van der Waals surface area (Å²) < 4.78 is 0. The Bertz CT molecular complexity index is 1000. The molecule has 3 amide bonds. The van der Waals surface area contributed by atoms with Gasteiger partial charge >= 0.3 is 6.03 Å². The Morgan fingerprint density at radius 3 is 2.43 bits per heavy atom. The molecule has 0 atom stereocenters. The maximum atomic E-state index is 12.5. The molecule has 0 saturated heterocycles. The van der Waals surface area contributed by atoms with Crippen molar-refractivity contribution in [2.75, 3.05) is 5.32 Å². The topological polar surface area (TPSA) is 86.0 Å². The molecule has 6 nitrogen and oxygen atoms in total. The Hall–Kier alpha value is -3.28. The van der Waals surface area contributed by atoms with Gasteiger partial charge in [-0.15, -0.1) is 0 Å². The third-order valence-electron chi connectivity index (χ3n) is 4.66. The second-order valence-electron chi connectivity index (χ2n) is 7.27. The van der Waals surface area contributed by atoms with Crippen LogP contribution in [0.5, 0.6) is 0 Å². The van der Waals surface area contributed by atoms with Crippen LogP contribution in [0.15, 0.2) is 42.5 Å². The quantitative estimate of drug-likeness (QED) is 0.535. The van der Waals surface area contributed by atoms with Gasteiger partial charge < -0.3 is 20.9 Å². The van der Waals surface area contributed by atoms with Crippen molar-refractivity contribution in [3.8, 4) is 0 Å². The normalized spacial score (nSPS) is 10.9. The number of aromatic amines is 1. The highest BCUT2D eigenvalue weighted by Crippen LogP contribution is 2.22. The summed E-state index contributed by atoms with van der Waals surface area (Å²) in [6.07, 6.45) is 0. The number of urea groups is 1. The molecule has 0 saturated carbocycles. The van der Waals surface area contributed by atoms with E-state index in [0.717, 1.165) is 27.7 Å². The first-order valence-corrected chi connectivity index (χ1v) is 9.37. The van der Waals surface area contributed by atoms with Gasteiger partial charge in [-0.2, -0.15) is 0 Å². The average molecular weight is 378 g/mol. The van der Waals surface area contributed by atoms with Crippen molar-refractivity contribution in [3.05, 3.63) is 64.8 Å². The van der Waals surface area contributed by atoms with Gasteiger partial charge in [0.2, 0.25) is 0 Å². The molecule has 2 aromatic carbocycles. The number of fused-ring (bicyclic) bond motifs is 1. The Labute approximate surface area is 164 Å². The second-order valence-corrected chi connectivity index (χ2v) is 7.27. The van der Waals surface area contributed by atoms with E-state index in [4.69, 9.17) is 0 Å². The van der Waals surface area contributed by atoms with Gasteiger partial charge in [-0.3, -0.25) is 4.79 Å². The van der Waals surface area contributed by atoms with E-state index < -0.39 is 0 Å². The summed E-state index contributed by atoms with van der Waals surface area (Å²) in [5.41, 5.74) is 5.61. The first-order valence-electron chi connectivity index (χ1n) is 9.37. The lowest BCUT2D eigenvalue weighted by atomic mass is 10.1. The molecule has 1 heterocycles. The molecule has 0 aliphatic rings. The fourth-order valence-electron chi connectivity index (χ4n) is 3.02. The molecule has 0 spiro atoms. The van der Waals surface area contributed by atoms with Crippen molar-refractivity contribution in [1.82, 2.24) is 15.6 Å². The lowest BCUT2D eigenvalue weighted by Crippen LogP contribution is -2.34. The molecule has 0 aliphatic carbocycles. The van der Waals surface area contributed by atoms with E-state index in [0.29, 0.717) is 17.8 Å². The number of nitrogens with one attached hydrogen (secondary N) is 4. The molecular formula is C22H26N4O2. The van der Waals surface area contributed by atoms with Gasteiger partial charge in [-0.1, -0.05) is 12.1 Å². The van der Waals surface area contributed by atoms with Crippen molar-refractivity contribution < 1.29 is 9.59 Å². The number of H-pyrrole nitrogens is 1. The number of hydrogen-bond donors (Lipinski definition) is 4. The van der Waals surface area contributed by atoms with E-state index in [1.807, 2.05) is 70.2 Å². The van der Waals surface area contributed by atoms with Crippen LogP contribution in [0, 0.1) is 13.8 Å². The Morgan fingerprint density at radius 1 is 1.04 bits per heavy atom. The first-order chi connectivity index (χ1) is 13.3. The smallest absolute Gasteiger partial charge is 0.319 e. The maximum Gasteiger partial charge on any atom is 0.319 e. The lowest BCUT2D eigenvalue weighted by molar-refractivity contribution is 0.0951. The van der Waals surface area contributed by atoms with E-state index in [1.165, 1.54) is 0 Å². The van der Waals surface area contributed by atoms with Gasteiger partial charge in [0.05, 0.1) is 0 Å². The van der Waals surface area contributed by atoms with E-state index in [1.54, 1.807) is 0 Å². The zero-order chi connectivity index (χ0) is 20.3. The number of aromatic nitrogens is 1. The molecule has 0 radical (unpaired) electrons. The summed E-state index contributed by atoms with van der Waals surface area (Å²) in [5, 5.41) is 9.56. The number of amides is 3. The number of carbonyl (C=O) groups is 2. The van der Waals surface area contributed by atoms with Gasteiger partial charge in [-0.05, 0) is 69.2 Å². The van der Waals surface area contributed by atoms with E-state index >= 15 is 0 Å². The third-order valence-corrected chi connectivity index (χ3v) is 4.66. The van der Waals surface area contributed by atoms with E-state index in [2.05, 4.69) is 20.9 Å². The van der Waals surface area contributed by atoms with Crippen LogP contribution in [0.3, 0.4) is 0 Å². The number of rotatable bonds is 5. The predicted octanol–water partition coefficient (Wildman–Crippen LogP) is 4.24. The molecule has 4 N–H and O–H groups in total. The third kappa shape index (κ3) is 4.52. The molecule has 0 unspecified atom stereocenters. The molecule has 0 aliphatic heterocycles. The average Bonchev–Trinajstić information content (AvgIpc) is 2.94. The number of hydrogen-bond acceptors (Lipinski definition) is 2. The van der Waals surface area contributed by atoms with Crippen molar-refractivity contribution in [2.24, 2.45) is 0 Å². The monoisotopic (exact) mass is 378 g/mol. The summed E-state index contributed by atoms with van der Waals surface area (Å²) in [7, 11) is 0. The molecule has 0 fully saturated rings. The van der Waals surface area contributed by atoms with E-state index in [-0.39, 0.29) is 18.0 Å². The zero-order valence-electron chi connectivity index (χ0n) is 16.6. The minimum absolute atomic E-state index is 0.0766. The highest BCUT2D eigenvalue weighted by atomic mass is 16.2. The first kappa shape index (κ1) is 19.5. The van der Waals surface area contributed by atoms with E-state index in [9.17, 15) is 9.59 Å². The van der Waals surface area contributed by atoms with Gasteiger partial charge in [0.15, 0.2) is 0 Å². The molecule has 3 rings (SSSR count). The number of carbonyl (C=O) groups excluding carboxylic acids is 2. The minimum atomic E-state index is -0.235. The zero-order valence-corrected chi connectivity index (χ0v) is 16.6. The standard InChI is InChI=1S/C22H26N4O2/c1-13(2)24-22(28)26-18-8-5-16(6-9-18)12-23-21(27)17-7-10-20-19(11-17)14(3)15(4)25-20/h5-11,13,25H,12H2,1-4H3,(H,23,27)(H2,24,26,28). The minimum Gasteiger partial charge on any atom is -0.358 e. The van der Waals surface area contributed by atoms with Crippen LogP contribution in [0.1, 0.15) is 41.0 Å². The second kappa shape index (κ2) is 8.17. The van der Waals surface area contributed by atoms with Crippen molar-refractivity contribution in [1.29, 1.82) is 0 Å². The Balaban J connectivity index is 1.60. The highest BCUT2D eigenvalue weighted by molar-refractivity contribution is 5.99. The number of aryl methyl sites for hydroxylation is 2. The van der Waals surface area contributed by atoms with Crippen LogP contribution in [-0.4, -0.2) is 23.0 Å². The summed E-state index contributed by atoms with van der Waals surface area (Å²) in [5.74, 6) is -0.112. The Morgan fingerprint density at radius 2 is 1.75 bits per heavy atom. The van der Waals surface area contributed by atoms with Gasteiger partial charge in [-0.25, -0.2) is 4.79 Å². The van der Waals surface area contributed by atoms with Gasteiger partial charge in [0, 0.05) is 40.4 Å². The molecule has 6 heteroatoms. The summed E-state index contributed by atoms with van der Waals surface area (Å²) in [6, 6.07) is 12.9. The Kier molecular flexibility index (Phi) is 5.68. The fraction of sp³-hybridized carbons (Fsp3) is 0.273. The molecule has 146 valence electrons. The predicted molar refractivity (Wildman–Crippen MR) is 113 cm³/mol. The summed E-state index contributed by atoms with van der Waals surface area (Å²) >= 11 is 0. The highest BCUT2D eigenvalue weighted by Gasteiger charge is 2.10. The summed E-state index contributed by atoms with van der Waals surface area (Å²) in [4.78, 5) is 27.5. The largest absolute Gasteiger partial charge is 0.358 e. The van der Waals surface area contributed by atoms with Gasteiger partial charge in [0.1, 0.15) is 0 Å².